The van der Waals surface area contributed by atoms with Gasteiger partial charge in [0.25, 0.3) is 5.91 Å². The third-order valence-electron chi connectivity index (χ3n) is 3.31. The van der Waals surface area contributed by atoms with Gasteiger partial charge in [0.1, 0.15) is 12.8 Å². The molecule has 0 radical (unpaired) electrons. The van der Waals surface area contributed by atoms with E-state index < -0.39 is 0 Å². The topological polar surface area (TPSA) is 78.7 Å². The Labute approximate surface area is 155 Å². The summed E-state index contributed by atoms with van der Waals surface area (Å²) in [6.07, 6.45) is 1.35. The molecule has 2 rings (SSSR count). The average Bonchev–Trinajstić information content (AvgIpc) is 3.06. The molecule has 0 saturated heterocycles. The molecular weight excluding hydrogens is 367 g/mol. The molecule has 0 aliphatic rings. The summed E-state index contributed by atoms with van der Waals surface area (Å²) in [6.45, 7) is 0.850. The van der Waals surface area contributed by atoms with Crippen LogP contribution in [0.1, 0.15) is 10.4 Å². The first-order chi connectivity index (χ1) is 11.9. The lowest BCUT2D eigenvalue weighted by Crippen LogP contribution is -2.41. The highest BCUT2D eigenvalue weighted by Crippen LogP contribution is 2.23. The largest absolute Gasteiger partial charge is 0.363 e. The van der Waals surface area contributed by atoms with E-state index in [4.69, 9.17) is 23.2 Å². The molecule has 1 aromatic heterocycles. The average molecular weight is 385 g/mol. The van der Waals surface area contributed by atoms with E-state index in [0.717, 1.165) is 0 Å². The molecule has 0 aliphatic heterocycles. The van der Waals surface area contributed by atoms with Gasteiger partial charge in [0.05, 0.1) is 10.0 Å². The van der Waals surface area contributed by atoms with Crippen LogP contribution in [-0.2, 0) is 4.79 Å². The molecule has 1 aromatic carbocycles. The number of anilines is 1. The van der Waals surface area contributed by atoms with E-state index >= 15 is 0 Å². The van der Waals surface area contributed by atoms with Crippen molar-refractivity contribution in [1.29, 1.82) is 0 Å². The van der Waals surface area contributed by atoms with Crippen LogP contribution in [0, 0.1) is 0 Å². The van der Waals surface area contributed by atoms with Crippen molar-refractivity contribution >= 4 is 40.8 Å². The second-order valence-electron chi connectivity index (χ2n) is 5.59. The smallest absolute Gasteiger partial charge is 0.254 e. The number of carbonyl (C=O) groups is 2. The SMILES string of the molecule is CN(C)CCN(CC(=O)Nc1ccon1)C(=O)c1ccc(Cl)c(Cl)c1. The third-order valence-corrected chi connectivity index (χ3v) is 4.05. The number of hydrogen-bond donors (Lipinski definition) is 1. The van der Waals surface area contributed by atoms with E-state index in [-0.39, 0.29) is 23.4 Å². The quantitative estimate of drug-likeness (QED) is 0.793. The molecule has 0 saturated carbocycles. The summed E-state index contributed by atoms with van der Waals surface area (Å²) in [6, 6.07) is 6.14. The van der Waals surface area contributed by atoms with Gasteiger partial charge in [0, 0.05) is 24.7 Å². The van der Waals surface area contributed by atoms with E-state index in [2.05, 4.69) is 15.0 Å². The first kappa shape index (κ1) is 19.2. The summed E-state index contributed by atoms with van der Waals surface area (Å²) in [5, 5.41) is 6.83. The first-order valence-corrected chi connectivity index (χ1v) is 8.21. The van der Waals surface area contributed by atoms with Crippen LogP contribution in [0.3, 0.4) is 0 Å². The highest BCUT2D eigenvalue weighted by molar-refractivity contribution is 6.42. The zero-order valence-corrected chi connectivity index (χ0v) is 15.3. The van der Waals surface area contributed by atoms with Gasteiger partial charge in [-0.2, -0.15) is 0 Å². The fourth-order valence-electron chi connectivity index (χ4n) is 2.02. The highest BCUT2D eigenvalue weighted by Gasteiger charge is 2.20. The highest BCUT2D eigenvalue weighted by atomic mass is 35.5. The maximum absolute atomic E-state index is 12.8. The Morgan fingerprint density at radius 1 is 1.16 bits per heavy atom. The second-order valence-corrected chi connectivity index (χ2v) is 6.41. The normalized spacial score (nSPS) is 10.8. The second kappa shape index (κ2) is 8.84. The number of benzene rings is 1. The number of nitrogens with zero attached hydrogens (tertiary/aromatic N) is 3. The summed E-state index contributed by atoms with van der Waals surface area (Å²) < 4.78 is 4.66. The van der Waals surface area contributed by atoms with Gasteiger partial charge < -0.3 is 19.6 Å². The Morgan fingerprint density at radius 2 is 1.92 bits per heavy atom. The van der Waals surface area contributed by atoms with E-state index in [1.807, 2.05) is 19.0 Å². The standard InChI is InChI=1S/C16H18Cl2N4O3/c1-21(2)6-7-22(10-15(23)19-14-5-8-25-20-14)16(24)11-3-4-12(17)13(18)9-11/h3-5,8-9H,6-7,10H2,1-2H3,(H,19,20,23). The van der Waals surface area contributed by atoms with Crippen LogP contribution in [0.5, 0.6) is 0 Å². The van der Waals surface area contributed by atoms with Crippen molar-refractivity contribution in [3.8, 4) is 0 Å². The van der Waals surface area contributed by atoms with Gasteiger partial charge >= 0.3 is 0 Å². The van der Waals surface area contributed by atoms with Crippen molar-refractivity contribution in [2.45, 2.75) is 0 Å². The zero-order chi connectivity index (χ0) is 18.4. The Balaban J connectivity index is 2.11. The van der Waals surface area contributed by atoms with Crippen LogP contribution >= 0.6 is 23.2 Å². The lowest BCUT2D eigenvalue weighted by molar-refractivity contribution is -0.117. The summed E-state index contributed by atoms with van der Waals surface area (Å²) in [7, 11) is 3.77. The van der Waals surface area contributed by atoms with Crippen molar-refractivity contribution in [3.63, 3.8) is 0 Å². The minimum Gasteiger partial charge on any atom is -0.363 e. The summed E-state index contributed by atoms with van der Waals surface area (Å²) in [5.41, 5.74) is 0.363. The van der Waals surface area contributed by atoms with Crippen LogP contribution < -0.4 is 5.32 Å². The molecule has 1 N–H and O–H groups in total. The number of carbonyl (C=O) groups excluding carboxylic acids is 2. The molecule has 1 heterocycles. The molecule has 0 fully saturated rings. The van der Waals surface area contributed by atoms with Gasteiger partial charge in [-0.1, -0.05) is 28.4 Å². The van der Waals surface area contributed by atoms with Gasteiger partial charge in [-0.05, 0) is 32.3 Å². The summed E-state index contributed by atoms with van der Waals surface area (Å²) in [5.74, 6) is -0.392. The molecule has 7 nitrogen and oxygen atoms in total. The van der Waals surface area contributed by atoms with Gasteiger partial charge in [-0.3, -0.25) is 9.59 Å². The van der Waals surface area contributed by atoms with Crippen molar-refractivity contribution in [2.75, 3.05) is 39.0 Å². The maximum Gasteiger partial charge on any atom is 0.254 e. The van der Waals surface area contributed by atoms with Crippen LogP contribution in [0.4, 0.5) is 5.82 Å². The summed E-state index contributed by atoms with van der Waals surface area (Å²) >= 11 is 11.9. The molecule has 0 aliphatic carbocycles. The number of amides is 2. The fourth-order valence-corrected chi connectivity index (χ4v) is 2.32. The van der Waals surface area contributed by atoms with Gasteiger partial charge in [-0.15, -0.1) is 0 Å². The van der Waals surface area contributed by atoms with E-state index in [9.17, 15) is 9.59 Å². The van der Waals surface area contributed by atoms with Crippen LogP contribution in [-0.4, -0.2) is 60.5 Å². The monoisotopic (exact) mass is 384 g/mol. The molecule has 0 atom stereocenters. The molecule has 0 bridgehead atoms. The van der Waals surface area contributed by atoms with Crippen molar-refractivity contribution in [3.05, 3.63) is 46.1 Å². The Hall–Kier alpha value is -2.09. The number of likely N-dealkylation sites (N-methyl/N-ethyl adjacent to an activating group) is 1. The van der Waals surface area contributed by atoms with E-state index in [1.54, 1.807) is 12.1 Å². The predicted molar refractivity (Wildman–Crippen MR) is 96.1 cm³/mol. The van der Waals surface area contributed by atoms with Crippen LogP contribution in [0.15, 0.2) is 35.1 Å². The molecule has 0 unspecified atom stereocenters. The van der Waals surface area contributed by atoms with Crippen LogP contribution in [0.25, 0.3) is 0 Å². The number of aromatic nitrogens is 1. The van der Waals surface area contributed by atoms with Gasteiger partial charge in [0.2, 0.25) is 5.91 Å². The molecule has 9 heteroatoms. The van der Waals surface area contributed by atoms with Crippen molar-refractivity contribution in [1.82, 2.24) is 15.0 Å². The minimum absolute atomic E-state index is 0.125. The molecule has 2 aromatic rings. The Bertz CT molecular complexity index is 735. The molecule has 0 spiro atoms. The third kappa shape index (κ3) is 5.74. The Kier molecular flexibility index (Phi) is 6.81. The van der Waals surface area contributed by atoms with Crippen molar-refractivity contribution in [2.24, 2.45) is 0 Å². The lowest BCUT2D eigenvalue weighted by atomic mass is 10.2. The van der Waals surface area contributed by atoms with Crippen molar-refractivity contribution < 1.29 is 14.1 Å². The van der Waals surface area contributed by atoms with Gasteiger partial charge in [0.15, 0.2) is 5.82 Å². The Morgan fingerprint density at radius 3 is 2.52 bits per heavy atom. The van der Waals surface area contributed by atoms with E-state index in [0.29, 0.717) is 29.5 Å². The molecule has 134 valence electrons. The molecular formula is C16H18Cl2N4O3. The van der Waals surface area contributed by atoms with Gasteiger partial charge in [-0.25, -0.2) is 0 Å². The number of hydrogen-bond acceptors (Lipinski definition) is 5. The summed E-state index contributed by atoms with van der Waals surface area (Å²) in [4.78, 5) is 28.3. The van der Waals surface area contributed by atoms with E-state index in [1.165, 1.54) is 23.3 Å². The molecule has 25 heavy (non-hydrogen) atoms. The molecule has 2 amide bonds. The minimum atomic E-state index is -0.374. The zero-order valence-electron chi connectivity index (χ0n) is 13.8. The number of rotatable bonds is 7. The number of nitrogens with one attached hydrogen (secondary N) is 1. The lowest BCUT2D eigenvalue weighted by Gasteiger charge is -2.24. The maximum atomic E-state index is 12.8. The first-order valence-electron chi connectivity index (χ1n) is 7.46. The predicted octanol–water partition coefficient (Wildman–Crippen LogP) is 2.62. The fraction of sp³-hybridized carbons (Fsp3) is 0.312. The number of halogens is 2. The van der Waals surface area contributed by atoms with Crippen LogP contribution in [0.2, 0.25) is 10.0 Å².